The number of anilines is 1. The number of halogens is 3. The molecule has 1 aromatic carbocycles. The summed E-state index contributed by atoms with van der Waals surface area (Å²) < 4.78 is 39.6. The highest BCUT2D eigenvalue weighted by Gasteiger charge is 2.42. The molecule has 0 saturated heterocycles. The first kappa shape index (κ1) is 32.8. The first-order chi connectivity index (χ1) is 19.0. The van der Waals surface area contributed by atoms with Gasteiger partial charge in [0.1, 0.15) is 12.0 Å². The van der Waals surface area contributed by atoms with Crippen LogP contribution in [0.4, 0.5) is 18.3 Å². The molecule has 214 valence electrons. The third kappa shape index (κ3) is 10.3. The van der Waals surface area contributed by atoms with E-state index in [2.05, 4.69) is 54.4 Å². The highest BCUT2D eigenvalue weighted by atomic mass is 32.2. The molecular formula is C29H33F3N4O2S2. The van der Waals surface area contributed by atoms with Gasteiger partial charge in [0.2, 0.25) is 0 Å². The van der Waals surface area contributed by atoms with Crippen LogP contribution in [0.1, 0.15) is 67.6 Å². The average molecular weight is 591 g/mol. The summed E-state index contributed by atoms with van der Waals surface area (Å²) >= 11 is 3.46. The molecule has 6 nitrogen and oxygen atoms in total. The topological polar surface area (TPSA) is 84.0 Å². The van der Waals surface area contributed by atoms with Crippen molar-refractivity contribution in [3.63, 3.8) is 0 Å². The van der Waals surface area contributed by atoms with Gasteiger partial charge in [-0.25, -0.2) is 9.97 Å². The van der Waals surface area contributed by atoms with E-state index in [0.717, 1.165) is 17.2 Å². The van der Waals surface area contributed by atoms with Gasteiger partial charge in [-0.1, -0.05) is 66.7 Å². The van der Waals surface area contributed by atoms with Gasteiger partial charge in [0.25, 0.3) is 5.91 Å². The van der Waals surface area contributed by atoms with E-state index in [1.807, 2.05) is 24.1 Å². The number of thioether (sulfide) groups is 1. The van der Waals surface area contributed by atoms with Gasteiger partial charge in [-0.2, -0.15) is 13.2 Å². The Kier molecular flexibility index (Phi) is 13.1. The molecule has 0 aliphatic heterocycles. The number of amides is 1. The minimum absolute atomic E-state index is 0.0114. The van der Waals surface area contributed by atoms with Gasteiger partial charge >= 0.3 is 6.18 Å². The first-order valence-electron chi connectivity index (χ1n) is 12.5. The Morgan fingerprint density at radius 1 is 1.05 bits per heavy atom. The summed E-state index contributed by atoms with van der Waals surface area (Å²) in [6.07, 6.45) is -0.723. The molecule has 0 aliphatic carbocycles. The first-order valence-corrected chi connectivity index (χ1v) is 14.2. The second-order valence-corrected chi connectivity index (χ2v) is 10.8. The predicted molar refractivity (Wildman–Crippen MR) is 158 cm³/mol. The van der Waals surface area contributed by atoms with Crippen LogP contribution in [0.5, 0.6) is 0 Å². The van der Waals surface area contributed by atoms with Crippen molar-refractivity contribution in [2.75, 3.05) is 12.4 Å². The monoisotopic (exact) mass is 590 g/mol. The van der Waals surface area contributed by atoms with Crippen molar-refractivity contribution < 1.29 is 22.8 Å². The second kappa shape index (κ2) is 16.0. The number of benzene rings is 1. The Hall–Kier alpha value is -3.44. The summed E-state index contributed by atoms with van der Waals surface area (Å²) in [5.74, 6) is -0.955. The molecule has 0 bridgehead atoms. The standard InChI is InChI=1S/C16H13F3N2O2.C13H20N2S2/c17-16(18,19)14(11-5-2-1-3-6-11)21-15(23)13-8-4-7-12(20-13)9-10-22;1-6-7-10(4)17-12(9(2)3)11-8-16-13(14-5)15-11/h1-8,10,14H,9H2,(H,21,23);7-8H,6H2,1-5H3,(H,14,15)/b;10-7+/t14-;/m1./s1. The van der Waals surface area contributed by atoms with Crippen molar-refractivity contribution in [2.24, 2.45) is 0 Å². The van der Waals surface area contributed by atoms with Crippen LogP contribution in [0.25, 0.3) is 4.91 Å². The van der Waals surface area contributed by atoms with E-state index in [1.54, 1.807) is 17.4 Å². The molecule has 3 rings (SSSR count). The molecule has 2 N–H and O–H groups in total. The maximum Gasteiger partial charge on any atom is 0.412 e. The van der Waals surface area contributed by atoms with E-state index in [-0.39, 0.29) is 17.7 Å². The Bertz CT molecular complexity index is 1320. The van der Waals surface area contributed by atoms with Crippen molar-refractivity contribution in [2.45, 2.75) is 52.8 Å². The zero-order valence-electron chi connectivity index (χ0n) is 23.0. The van der Waals surface area contributed by atoms with Gasteiger partial charge in [-0.05, 0) is 49.8 Å². The van der Waals surface area contributed by atoms with Crippen molar-refractivity contribution in [1.82, 2.24) is 15.3 Å². The summed E-state index contributed by atoms with van der Waals surface area (Å²) in [6.45, 7) is 8.59. The minimum atomic E-state index is -4.64. The maximum absolute atomic E-state index is 13.2. The van der Waals surface area contributed by atoms with Gasteiger partial charge in [0, 0.05) is 29.4 Å². The Morgan fingerprint density at radius 2 is 1.75 bits per heavy atom. The van der Waals surface area contributed by atoms with Gasteiger partial charge in [-0.3, -0.25) is 4.79 Å². The lowest BCUT2D eigenvalue weighted by molar-refractivity contribution is -0.155. The molecule has 1 amide bonds. The largest absolute Gasteiger partial charge is 0.412 e. The molecule has 0 spiro atoms. The zero-order valence-corrected chi connectivity index (χ0v) is 24.6. The van der Waals surface area contributed by atoms with E-state index in [9.17, 15) is 22.8 Å². The second-order valence-electron chi connectivity index (χ2n) is 8.69. The number of hydrogen-bond acceptors (Lipinski definition) is 7. The van der Waals surface area contributed by atoms with Crippen LogP contribution in [0.2, 0.25) is 0 Å². The number of pyridine rings is 1. The smallest absolute Gasteiger partial charge is 0.365 e. The molecule has 0 radical (unpaired) electrons. The molecule has 11 heteroatoms. The van der Waals surface area contributed by atoms with Crippen LogP contribution in [0, 0.1) is 0 Å². The van der Waals surface area contributed by atoms with Crippen LogP contribution >= 0.6 is 23.1 Å². The number of allylic oxidation sites excluding steroid dienone is 3. The molecule has 2 aromatic heterocycles. The number of carbonyl (C=O) groups is 2. The number of nitrogens with one attached hydrogen (secondary N) is 2. The van der Waals surface area contributed by atoms with Crippen molar-refractivity contribution in [3.8, 4) is 0 Å². The molecule has 0 aliphatic rings. The lowest BCUT2D eigenvalue weighted by Crippen LogP contribution is -2.38. The molecule has 3 aromatic rings. The number of alkyl halides is 3. The minimum Gasteiger partial charge on any atom is -0.365 e. The van der Waals surface area contributed by atoms with E-state index >= 15 is 0 Å². The molecule has 0 fully saturated rings. The summed E-state index contributed by atoms with van der Waals surface area (Å²) in [5, 5.41) is 8.11. The highest BCUT2D eigenvalue weighted by molar-refractivity contribution is 8.11. The number of hydrogen-bond donors (Lipinski definition) is 2. The summed E-state index contributed by atoms with van der Waals surface area (Å²) in [5.41, 5.74) is 2.46. The number of aromatic nitrogens is 2. The quantitative estimate of drug-likeness (QED) is 0.234. The summed E-state index contributed by atoms with van der Waals surface area (Å²) in [7, 11) is 1.90. The van der Waals surface area contributed by atoms with Crippen molar-refractivity contribution in [1.29, 1.82) is 0 Å². The molecule has 0 saturated carbocycles. The average Bonchev–Trinajstić information content (AvgIpc) is 3.40. The lowest BCUT2D eigenvalue weighted by atomic mass is 10.1. The Morgan fingerprint density at radius 3 is 2.30 bits per heavy atom. The Labute approximate surface area is 241 Å². The number of nitrogens with zero attached hydrogens (tertiary/aromatic N) is 2. The van der Waals surface area contributed by atoms with Crippen molar-refractivity contribution >= 4 is 45.3 Å². The van der Waals surface area contributed by atoms with Gasteiger partial charge < -0.3 is 15.4 Å². The van der Waals surface area contributed by atoms with Crippen LogP contribution in [-0.2, 0) is 11.2 Å². The van der Waals surface area contributed by atoms with Gasteiger partial charge in [0.15, 0.2) is 11.2 Å². The van der Waals surface area contributed by atoms with E-state index in [4.69, 9.17) is 0 Å². The number of carbonyl (C=O) groups excluding carboxylic acids is 2. The summed E-state index contributed by atoms with van der Waals surface area (Å²) in [4.78, 5) is 33.6. The molecular weight excluding hydrogens is 557 g/mol. The summed E-state index contributed by atoms with van der Waals surface area (Å²) in [6, 6.07) is 9.23. The van der Waals surface area contributed by atoms with Crippen LogP contribution in [-0.4, -0.2) is 35.4 Å². The lowest BCUT2D eigenvalue weighted by Gasteiger charge is -2.22. The van der Waals surface area contributed by atoms with E-state index in [1.165, 1.54) is 57.8 Å². The fourth-order valence-electron chi connectivity index (χ4n) is 3.40. The normalized spacial score (nSPS) is 12.1. The number of rotatable bonds is 10. The SMILES string of the molecule is CC/C=C(\C)SC(=C(C)C)c1csc(NC)n1.O=CCc1cccc(C(=O)N[C@H](c2ccccc2)C(F)(F)F)n1. The fourth-order valence-corrected chi connectivity index (χ4v) is 5.13. The third-order valence-electron chi connectivity index (χ3n) is 5.23. The van der Waals surface area contributed by atoms with Gasteiger partial charge in [0.05, 0.1) is 5.69 Å². The highest BCUT2D eigenvalue weighted by Crippen LogP contribution is 2.37. The number of aldehydes is 1. The van der Waals surface area contributed by atoms with Crippen LogP contribution in [0.15, 0.2) is 70.5 Å². The molecule has 2 heterocycles. The predicted octanol–water partition coefficient (Wildman–Crippen LogP) is 7.84. The zero-order chi connectivity index (χ0) is 29.7. The third-order valence-corrected chi connectivity index (χ3v) is 7.40. The van der Waals surface area contributed by atoms with Crippen molar-refractivity contribution in [3.05, 3.63) is 93.1 Å². The maximum atomic E-state index is 13.2. The van der Waals surface area contributed by atoms with Crippen LogP contribution in [0.3, 0.4) is 0 Å². The van der Waals surface area contributed by atoms with E-state index in [0.29, 0.717) is 12.0 Å². The molecule has 0 unspecified atom stereocenters. The Balaban J connectivity index is 0.000000294. The number of thiazole rings is 1. The molecule has 40 heavy (non-hydrogen) atoms. The van der Waals surface area contributed by atoms with Gasteiger partial charge in [-0.15, -0.1) is 11.3 Å². The van der Waals surface area contributed by atoms with Crippen LogP contribution < -0.4 is 10.6 Å². The molecule has 1 atom stereocenters. The van der Waals surface area contributed by atoms with E-state index < -0.39 is 18.1 Å². The fraction of sp³-hybridized carbons (Fsp3) is 0.310.